The quantitative estimate of drug-likeness (QED) is 0.788. The summed E-state index contributed by atoms with van der Waals surface area (Å²) in [6.45, 7) is -0.00772. The van der Waals surface area contributed by atoms with Gasteiger partial charge in [0.25, 0.3) is 5.91 Å². The fraction of sp³-hybridized carbons (Fsp3) is 0.100. The Hall–Kier alpha value is -1.42. The molecule has 94 valence electrons. The van der Waals surface area contributed by atoms with E-state index in [2.05, 4.69) is 33.0 Å². The third-order valence-corrected chi connectivity index (χ3v) is 3.83. The molecule has 3 N–H and O–H groups in total. The summed E-state index contributed by atoms with van der Waals surface area (Å²) in [4.78, 5) is 22.5. The summed E-state index contributed by atoms with van der Waals surface area (Å²) in [6.07, 6.45) is 3.03. The molecule has 2 heterocycles. The highest BCUT2D eigenvalue weighted by Gasteiger charge is 2.09. The van der Waals surface area contributed by atoms with Gasteiger partial charge in [-0.15, -0.1) is 11.3 Å². The van der Waals surface area contributed by atoms with Crippen molar-refractivity contribution in [1.82, 2.24) is 9.78 Å². The maximum absolute atomic E-state index is 11.8. The number of primary amides is 1. The number of anilines is 1. The Morgan fingerprint density at radius 1 is 1.56 bits per heavy atom. The second kappa shape index (κ2) is 5.48. The van der Waals surface area contributed by atoms with Gasteiger partial charge in [-0.1, -0.05) is 0 Å². The van der Waals surface area contributed by atoms with Gasteiger partial charge in [0.2, 0.25) is 5.91 Å². The average molecular weight is 376 g/mol. The van der Waals surface area contributed by atoms with Crippen molar-refractivity contribution in [2.75, 3.05) is 5.32 Å². The molecule has 6 nitrogen and oxygen atoms in total. The summed E-state index contributed by atoms with van der Waals surface area (Å²) in [5.41, 5.74) is 6.18. The van der Waals surface area contributed by atoms with E-state index in [0.717, 1.165) is 2.88 Å². The van der Waals surface area contributed by atoms with E-state index in [1.807, 2.05) is 0 Å². The zero-order chi connectivity index (χ0) is 13.1. The Kier molecular flexibility index (Phi) is 3.97. The van der Waals surface area contributed by atoms with E-state index in [0.29, 0.717) is 11.3 Å². The number of thiophene rings is 1. The number of nitrogens with zero attached hydrogens (tertiary/aromatic N) is 2. The molecule has 0 unspecified atom stereocenters. The largest absolute Gasteiger partial charge is 0.368 e. The molecule has 0 aliphatic heterocycles. The smallest absolute Gasteiger partial charge is 0.256 e. The lowest BCUT2D eigenvalue weighted by atomic mass is 10.3. The molecule has 0 saturated heterocycles. The number of carbonyl (C=O) groups is 2. The Labute approximate surface area is 120 Å². The fourth-order valence-corrected chi connectivity index (χ4v) is 2.63. The van der Waals surface area contributed by atoms with Crippen LogP contribution in [-0.2, 0) is 11.3 Å². The van der Waals surface area contributed by atoms with Crippen LogP contribution in [0.3, 0.4) is 0 Å². The molecule has 0 saturated carbocycles. The maximum Gasteiger partial charge on any atom is 0.256 e. The zero-order valence-corrected chi connectivity index (χ0v) is 12.1. The first-order valence-electron chi connectivity index (χ1n) is 4.91. The molecule has 2 aromatic heterocycles. The molecular weight excluding hydrogens is 367 g/mol. The first-order valence-corrected chi connectivity index (χ1v) is 6.86. The predicted molar refractivity (Wildman–Crippen MR) is 76.4 cm³/mol. The highest BCUT2D eigenvalue weighted by atomic mass is 127. The number of nitrogens with two attached hydrogens (primary N) is 1. The van der Waals surface area contributed by atoms with Crippen LogP contribution in [0.25, 0.3) is 0 Å². The van der Waals surface area contributed by atoms with Crippen molar-refractivity contribution in [3.05, 3.63) is 32.3 Å². The molecule has 0 radical (unpaired) electrons. The van der Waals surface area contributed by atoms with Gasteiger partial charge in [0.1, 0.15) is 6.54 Å². The van der Waals surface area contributed by atoms with Gasteiger partial charge < -0.3 is 11.1 Å². The Morgan fingerprint density at radius 2 is 2.33 bits per heavy atom. The van der Waals surface area contributed by atoms with E-state index < -0.39 is 5.91 Å². The van der Waals surface area contributed by atoms with Crippen LogP contribution < -0.4 is 11.1 Å². The van der Waals surface area contributed by atoms with Crippen LogP contribution in [0.2, 0.25) is 0 Å². The molecule has 2 amide bonds. The van der Waals surface area contributed by atoms with E-state index in [9.17, 15) is 9.59 Å². The van der Waals surface area contributed by atoms with E-state index >= 15 is 0 Å². The minimum absolute atomic E-state index is 0.00772. The van der Waals surface area contributed by atoms with Crippen molar-refractivity contribution in [3.8, 4) is 0 Å². The van der Waals surface area contributed by atoms with Gasteiger partial charge in [-0.3, -0.25) is 14.3 Å². The number of hydrogen-bond acceptors (Lipinski definition) is 4. The van der Waals surface area contributed by atoms with Crippen LogP contribution in [0.15, 0.2) is 23.8 Å². The van der Waals surface area contributed by atoms with E-state index in [-0.39, 0.29) is 12.5 Å². The van der Waals surface area contributed by atoms with Gasteiger partial charge in [0, 0.05) is 11.6 Å². The average Bonchev–Trinajstić information content (AvgIpc) is 2.87. The van der Waals surface area contributed by atoms with Crippen LogP contribution in [0.5, 0.6) is 0 Å². The van der Waals surface area contributed by atoms with Gasteiger partial charge in [-0.25, -0.2) is 0 Å². The lowest BCUT2D eigenvalue weighted by Crippen LogP contribution is -2.18. The van der Waals surface area contributed by atoms with Crippen molar-refractivity contribution in [2.24, 2.45) is 5.73 Å². The summed E-state index contributed by atoms with van der Waals surface area (Å²) < 4.78 is 2.41. The summed E-state index contributed by atoms with van der Waals surface area (Å²) >= 11 is 3.65. The van der Waals surface area contributed by atoms with Crippen LogP contribution in [0.1, 0.15) is 10.4 Å². The van der Waals surface area contributed by atoms with Crippen LogP contribution >= 0.6 is 33.9 Å². The van der Waals surface area contributed by atoms with E-state index in [1.165, 1.54) is 22.2 Å². The Bertz CT molecular complexity index is 592. The molecule has 0 aliphatic carbocycles. The Morgan fingerprint density at radius 3 is 2.94 bits per heavy atom. The van der Waals surface area contributed by atoms with E-state index in [4.69, 9.17) is 5.73 Å². The number of amides is 2. The molecule has 0 aliphatic rings. The normalized spacial score (nSPS) is 10.3. The molecule has 0 spiro atoms. The number of aromatic nitrogens is 2. The van der Waals surface area contributed by atoms with Crippen LogP contribution in [0, 0.1) is 2.88 Å². The molecule has 8 heteroatoms. The van der Waals surface area contributed by atoms with Crippen molar-refractivity contribution < 1.29 is 9.59 Å². The SMILES string of the molecule is NC(=O)Cn1cc(NC(=O)c2csc(I)c2)cn1. The lowest BCUT2D eigenvalue weighted by molar-refractivity contribution is -0.118. The highest BCUT2D eigenvalue weighted by Crippen LogP contribution is 2.17. The van der Waals surface area contributed by atoms with Gasteiger partial charge in [-0.05, 0) is 28.7 Å². The van der Waals surface area contributed by atoms with Gasteiger partial charge >= 0.3 is 0 Å². The van der Waals surface area contributed by atoms with Crippen molar-refractivity contribution in [3.63, 3.8) is 0 Å². The number of rotatable bonds is 4. The van der Waals surface area contributed by atoms with Crippen molar-refractivity contribution in [1.29, 1.82) is 0 Å². The topological polar surface area (TPSA) is 90.0 Å². The molecule has 2 rings (SSSR count). The van der Waals surface area contributed by atoms with Crippen molar-refractivity contribution >= 4 is 51.4 Å². The second-order valence-corrected chi connectivity index (χ2v) is 6.29. The lowest BCUT2D eigenvalue weighted by Gasteiger charge is -1.99. The number of hydrogen-bond donors (Lipinski definition) is 2. The van der Waals surface area contributed by atoms with E-state index in [1.54, 1.807) is 17.6 Å². The van der Waals surface area contributed by atoms with Gasteiger partial charge in [0.15, 0.2) is 0 Å². The molecule has 0 aromatic carbocycles. The monoisotopic (exact) mass is 376 g/mol. The first kappa shape index (κ1) is 13.0. The molecule has 2 aromatic rings. The van der Waals surface area contributed by atoms with Crippen LogP contribution in [0.4, 0.5) is 5.69 Å². The Balaban J connectivity index is 2.03. The molecule has 18 heavy (non-hydrogen) atoms. The zero-order valence-electron chi connectivity index (χ0n) is 9.09. The first-order chi connectivity index (χ1) is 8.54. The van der Waals surface area contributed by atoms with Crippen LogP contribution in [-0.4, -0.2) is 21.6 Å². The minimum atomic E-state index is -0.483. The molecule has 0 bridgehead atoms. The number of halogens is 1. The van der Waals surface area contributed by atoms with Gasteiger partial charge in [-0.2, -0.15) is 5.10 Å². The maximum atomic E-state index is 11.8. The summed E-state index contributed by atoms with van der Waals surface area (Å²) in [6, 6.07) is 1.80. The fourth-order valence-electron chi connectivity index (χ4n) is 1.31. The van der Waals surface area contributed by atoms with Gasteiger partial charge in [0.05, 0.1) is 20.3 Å². The minimum Gasteiger partial charge on any atom is -0.368 e. The molecule has 0 atom stereocenters. The van der Waals surface area contributed by atoms with Crippen molar-refractivity contribution in [2.45, 2.75) is 6.54 Å². The predicted octanol–water partition coefficient (Wildman–Crippen LogP) is 1.29. The second-order valence-electron chi connectivity index (χ2n) is 3.49. The molecule has 0 fully saturated rings. The summed E-state index contributed by atoms with van der Waals surface area (Å²) in [7, 11) is 0. The number of carbonyl (C=O) groups excluding carboxylic acids is 2. The summed E-state index contributed by atoms with van der Waals surface area (Å²) in [5, 5.41) is 8.39. The molecular formula is C10H9IN4O2S. The third kappa shape index (κ3) is 3.29. The standard InChI is InChI=1S/C10H9IN4O2S/c11-8-1-6(5-18-8)10(17)14-7-2-13-15(3-7)4-9(12)16/h1-3,5H,4H2,(H2,12,16)(H,14,17). The number of nitrogens with one attached hydrogen (secondary N) is 1. The summed E-state index contributed by atoms with van der Waals surface area (Å²) in [5.74, 6) is -0.684. The third-order valence-electron chi connectivity index (χ3n) is 2.04. The highest BCUT2D eigenvalue weighted by molar-refractivity contribution is 14.1.